The number of hydrogen-bond acceptors (Lipinski definition) is 3. The molecule has 80 valence electrons. The fourth-order valence-corrected chi connectivity index (χ4v) is 1.31. The molecule has 0 aliphatic heterocycles. The van der Waals surface area contributed by atoms with E-state index in [-0.39, 0.29) is 12.1 Å². The largest absolute Gasteiger partial charge is 0.394 e. The Morgan fingerprint density at radius 2 is 2.08 bits per heavy atom. The second kappa shape index (κ2) is 6.35. The lowest BCUT2D eigenvalue weighted by atomic mass is 10.0. The first-order chi connectivity index (χ1) is 6.08. The van der Waals surface area contributed by atoms with Crippen LogP contribution in [0.15, 0.2) is 0 Å². The highest BCUT2D eigenvalue weighted by Crippen LogP contribution is 2.04. The quantitative estimate of drug-likeness (QED) is 0.617. The number of hydrogen-bond donors (Lipinski definition) is 2. The Kier molecular flexibility index (Phi) is 6.29. The molecule has 0 saturated carbocycles. The molecule has 3 heteroatoms. The Morgan fingerprint density at radius 3 is 2.46 bits per heavy atom. The molecule has 1 atom stereocenters. The normalized spacial score (nSPS) is 16.2. The fraction of sp³-hybridized carbons (Fsp3) is 1.00. The lowest BCUT2D eigenvalue weighted by molar-refractivity contribution is 0.138. The van der Waals surface area contributed by atoms with Crippen LogP contribution < -0.4 is 5.32 Å². The molecule has 0 aliphatic carbocycles. The molecule has 0 rings (SSSR count). The van der Waals surface area contributed by atoms with E-state index in [1.54, 1.807) is 0 Å². The highest BCUT2D eigenvalue weighted by molar-refractivity contribution is 4.83. The molecule has 0 aromatic rings. The summed E-state index contributed by atoms with van der Waals surface area (Å²) in [6.45, 7) is 6.40. The molecule has 0 aliphatic rings. The van der Waals surface area contributed by atoms with Crippen LogP contribution in [-0.4, -0.2) is 49.3 Å². The highest BCUT2D eigenvalue weighted by atomic mass is 16.3. The predicted octanol–water partition coefficient (Wildman–Crippen LogP) is 0.689. The molecule has 2 N–H and O–H groups in total. The van der Waals surface area contributed by atoms with Gasteiger partial charge in [0.15, 0.2) is 0 Å². The van der Waals surface area contributed by atoms with Crippen molar-refractivity contribution in [2.75, 3.05) is 33.8 Å². The summed E-state index contributed by atoms with van der Waals surface area (Å²) in [5.41, 5.74) is -0.164. The summed E-state index contributed by atoms with van der Waals surface area (Å²) in [5, 5.41) is 12.3. The summed E-state index contributed by atoms with van der Waals surface area (Å²) in [4.78, 5) is 2.26. The molecule has 13 heavy (non-hydrogen) atoms. The molecule has 0 saturated heterocycles. The summed E-state index contributed by atoms with van der Waals surface area (Å²) in [6, 6.07) is 0. The van der Waals surface area contributed by atoms with Crippen molar-refractivity contribution in [1.82, 2.24) is 10.2 Å². The van der Waals surface area contributed by atoms with Crippen molar-refractivity contribution in [2.45, 2.75) is 32.2 Å². The van der Waals surface area contributed by atoms with Crippen LogP contribution in [0, 0.1) is 0 Å². The van der Waals surface area contributed by atoms with Gasteiger partial charge >= 0.3 is 0 Å². The zero-order valence-electron chi connectivity index (χ0n) is 9.43. The van der Waals surface area contributed by atoms with Gasteiger partial charge < -0.3 is 15.3 Å². The van der Waals surface area contributed by atoms with Crippen LogP contribution in [0.2, 0.25) is 0 Å². The fourth-order valence-electron chi connectivity index (χ4n) is 1.31. The summed E-state index contributed by atoms with van der Waals surface area (Å²) in [6.07, 6.45) is 2.45. The van der Waals surface area contributed by atoms with Crippen LogP contribution in [0.25, 0.3) is 0 Å². The monoisotopic (exact) mass is 188 g/mol. The minimum absolute atomic E-state index is 0.164. The molecule has 1 unspecified atom stereocenters. The van der Waals surface area contributed by atoms with E-state index >= 15 is 0 Å². The van der Waals surface area contributed by atoms with Gasteiger partial charge in [0.1, 0.15) is 0 Å². The number of unbranched alkanes of at least 4 members (excludes halogenated alkanes) is 1. The van der Waals surface area contributed by atoms with Gasteiger partial charge in [0.2, 0.25) is 0 Å². The maximum Gasteiger partial charge on any atom is 0.0623 e. The first kappa shape index (κ1) is 12.9. The number of likely N-dealkylation sites (N-methyl/N-ethyl adjacent to an activating group) is 2. The van der Waals surface area contributed by atoms with Gasteiger partial charge in [-0.3, -0.25) is 0 Å². The van der Waals surface area contributed by atoms with E-state index in [0.29, 0.717) is 0 Å². The van der Waals surface area contributed by atoms with Crippen molar-refractivity contribution in [3.05, 3.63) is 0 Å². The zero-order valence-corrected chi connectivity index (χ0v) is 9.43. The summed E-state index contributed by atoms with van der Waals surface area (Å²) >= 11 is 0. The van der Waals surface area contributed by atoms with Gasteiger partial charge in [-0.05, 0) is 34.0 Å². The van der Waals surface area contributed by atoms with E-state index in [2.05, 4.69) is 24.2 Å². The van der Waals surface area contributed by atoms with E-state index < -0.39 is 0 Å². The molecule has 0 aromatic heterocycles. The molecule has 0 fully saturated rings. The molecular formula is C10H24N2O. The number of nitrogens with one attached hydrogen (secondary N) is 1. The zero-order chi connectivity index (χ0) is 10.3. The van der Waals surface area contributed by atoms with Gasteiger partial charge in [0.05, 0.1) is 12.1 Å². The third-order valence-corrected chi connectivity index (χ3v) is 2.46. The van der Waals surface area contributed by atoms with Gasteiger partial charge in [-0.2, -0.15) is 0 Å². The third-order valence-electron chi connectivity index (χ3n) is 2.46. The average molecular weight is 188 g/mol. The van der Waals surface area contributed by atoms with E-state index in [1.165, 1.54) is 12.8 Å². The van der Waals surface area contributed by atoms with Crippen molar-refractivity contribution in [3.8, 4) is 0 Å². The summed E-state index contributed by atoms with van der Waals surface area (Å²) < 4.78 is 0. The molecular weight excluding hydrogens is 164 g/mol. The van der Waals surface area contributed by atoms with Crippen molar-refractivity contribution >= 4 is 0 Å². The van der Waals surface area contributed by atoms with E-state index in [4.69, 9.17) is 0 Å². The minimum atomic E-state index is -0.164. The highest BCUT2D eigenvalue weighted by Gasteiger charge is 2.22. The molecule has 0 bridgehead atoms. The number of aliphatic hydroxyl groups is 1. The van der Waals surface area contributed by atoms with Gasteiger partial charge in [0, 0.05) is 6.54 Å². The van der Waals surface area contributed by atoms with Crippen LogP contribution in [0.4, 0.5) is 0 Å². The van der Waals surface area contributed by atoms with Crippen LogP contribution in [0.3, 0.4) is 0 Å². The van der Waals surface area contributed by atoms with Gasteiger partial charge in [-0.25, -0.2) is 0 Å². The standard InChI is InChI=1S/C10H24N2O/c1-5-6-7-12(4)8-10(2,9-13)11-3/h11,13H,5-9H2,1-4H3. The van der Waals surface area contributed by atoms with E-state index in [1.807, 2.05) is 14.0 Å². The molecule has 0 amide bonds. The third kappa shape index (κ3) is 5.24. The number of aliphatic hydroxyl groups excluding tert-OH is 1. The van der Waals surface area contributed by atoms with Crippen LogP contribution >= 0.6 is 0 Å². The Balaban J connectivity index is 3.79. The smallest absolute Gasteiger partial charge is 0.0623 e. The Morgan fingerprint density at radius 1 is 1.46 bits per heavy atom. The van der Waals surface area contributed by atoms with E-state index in [0.717, 1.165) is 13.1 Å². The Labute approximate surface area is 82.1 Å². The topological polar surface area (TPSA) is 35.5 Å². The maximum atomic E-state index is 9.17. The summed E-state index contributed by atoms with van der Waals surface area (Å²) in [7, 11) is 3.99. The molecule has 0 radical (unpaired) electrons. The lowest BCUT2D eigenvalue weighted by Crippen LogP contribution is -2.51. The second-order valence-electron chi connectivity index (χ2n) is 4.06. The van der Waals surface area contributed by atoms with Crippen molar-refractivity contribution < 1.29 is 5.11 Å². The first-order valence-electron chi connectivity index (χ1n) is 5.06. The maximum absolute atomic E-state index is 9.17. The van der Waals surface area contributed by atoms with Crippen molar-refractivity contribution in [3.63, 3.8) is 0 Å². The van der Waals surface area contributed by atoms with Gasteiger partial charge in [0.25, 0.3) is 0 Å². The predicted molar refractivity (Wildman–Crippen MR) is 57.0 cm³/mol. The van der Waals surface area contributed by atoms with Crippen LogP contribution in [-0.2, 0) is 0 Å². The minimum Gasteiger partial charge on any atom is -0.394 e. The first-order valence-corrected chi connectivity index (χ1v) is 5.06. The Bertz CT molecular complexity index is 124. The lowest BCUT2D eigenvalue weighted by Gasteiger charge is -2.31. The van der Waals surface area contributed by atoms with Crippen LogP contribution in [0.1, 0.15) is 26.7 Å². The number of nitrogens with zero attached hydrogens (tertiary/aromatic N) is 1. The molecule has 0 aromatic carbocycles. The van der Waals surface area contributed by atoms with Gasteiger partial charge in [-0.1, -0.05) is 13.3 Å². The molecule has 0 spiro atoms. The van der Waals surface area contributed by atoms with E-state index in [9.17, 15) is 5.11 Å². The molecule has 3 nitrogen and oxygen atoms in total. The summed E-state index contributed by atoms with van der Waals surface area (Å²) in [5.74, 6) is 0. The molecule has 0 heterocycles. The van der Waals surface area contributed by atoms with Crippen LogP contribution in [0.5, 0.6) is 0 Å². The Hall–Kier alpha value is -0.120. The van der Waals surface area contributed by atoms with Crippen molar-refractivity contribution in [1.29, 1.82) is 0 Å². The average Bonchev–Trinajstić information content (AvgIpc) is 2.14. The van der Waals surface area contributed by atoms with Gasteiger partial charge in [-0.15, -0.1) is 0 Å². The number of rotatable bonds is 7. The second-order valence-corrected chi connectivity index (χ2v) is 4.06. The van der Waals surface area contributed by atoms with Crippen molar-refractivity contribution in [2.24, 2.45) is 0 Å². The SMILES string of the molecule is CCCCN(C)CC(C)(CO)NC.